The standard InChI is InChI=1S/C19H18FN3S/c20-15-8-4-11-21-17(15)19(9-5-10-19)13-22-18-23-16(12-24-18)14-6-2-1-3-7-14/h1-4,6-8,11-12H,5,9-10,13H2,(H,22,23). The quantitative estimate of drug-likeness (QED) is 0.720. The van der Waals surface area contributed by atoms with Crippen molar-refractivity contribution < 1.29 is 4.39 Å². The topological polar surface area (TPSA) is 37.8 Å². The third-order valence-corrected chi connectivity index (χ3v) is 5.52. The lowest BCUT2D eigenvalue weighted by atomic mass is 9.66. The third kappa shape index (κ3) is 2.80. The molecule has 1 N–H and O–H groups in total. The summed E-state index contributed by atoms with van der Waals surface area (Å²) in [5, 5.41) is 6.32. The lowest BCUT2D eigenvalue weighted by Gasteiger charge is -2.41. The third-order valence-electron chi connectivity index (χ3n) is 4.72. The van der Waals surface area contributed by atoms with Crippen molar-refractivity contribution in [1.82, 2.24) is 9.97 Å². The van der Waals surface area contributed by atoms with E-state index in [2.05, 4.69) is 27.4 Å². The van der Waals surface area contributed by atoms with Crippen molar-refractivity contribution in [3.8, 4) is 11.3 Å². The average molecular weight is 339 g/mol. The van der Waals surface area contributed by atoms with Crippen molar-refractivity contribution in [2.24, 2.45) is 0 Å². The van der Waals surface area contributed by atoms with Gasteiger partial charge in [0.2, 0.25) is 0 Å². The van der Waals surface area contributed by atoms with E-state index in [1.807, 2.05) is 23.6 Å². The zero-order valence-corrected chi connectivity index (χ0v) is 14.0. The molecule has 0 radical (unpaired) electrons. The lowest BCUT2D eigenvalue weighted by Crippen LogP contribution is -2.42. The Hall–Kier alpha value is -2.27. The highest BCUT2D eigenvalue weighted by Gasteiger charge is 2.41. The van der Waals surface area contributed by atoms with Crippen molar-refractivity contribution in [1.29, 1.82) is 0 Å². The van der Waals surface area contributed by atoms with Crippen LogP contribution in [0.25, 0.3) is 11.3 Å². The van der Waals surface area contributed by atoms with E-state index >= 15 is 0 Å². The van der Waals surface area contributed by atoms with Gasteiger partial charge in [-0.3, -0.25) is 4.98 Å². The second-order valence-corrected chi connectivity index (χ2v) is 7.08. The average Bonchev–Trinajstić information content (AvgIpc) is 3.05. The smallest absolute Gasteiger partial charge is 0.183 e. The summed E-state index contributed by atoms with van der Waals surface area (Å²) in [5.41, 5.74) is 2.46. The molecule has 0 unspecified atom stereocenters. The molecule has 1 aliphatic carbocycles. The zero-order valence-electron chi connectivity index (χ0n) is 13.2. The molecule has 24 heavy (non-hydrogen) atoms. The van der Waals surface area contributed by atoms with Gasteiger partial charge in [-0.15, -0.1) is 11.3 Å². The van der Waals surface area contributed by atoms with E-state index in [0.29, 0.717) is 12.2 Å². The van der Waals surface area contributed by atoms with Gasteiger partial charge in [-0.1, -0.05) is 36.8 Å². The zero-order chi connectivity index (χ0) is 16.4. The molecule has 2 aromatic heterocycles. The summed E-state index contributed by atoms with van der Waals surface area (Å²) in [4.78, 5) is 8.96. The van der Waals surface area contributed by atoms with Crippen LogP contribution in [0.3, 0.4) is 0 Å². The fraction of sp³-hybridized carbons (Fsp3) is 0.263. The maximum absolute atomic E-state index is 14.2. The number of pyridine rings is 1. The molecule has 122 valence electrons. The molecule has 2 heterocycles. The second-order valence-electron chi connectivity index (χ2n) is 6.23. The minimum atomic E-state index is -0.205. The molecule has 0 aliphatic heterocycles. The summed E-state index contributed by atoms with van der Waals surface area (Å²) in [5.74, 6) is -0.205. The largest absolute Gasteiger partial charge is 0.361 e. The maximum Gasteiger partial charge on any atom is 0.183 e. The van der Waals surface area contributed by atoms with Crippen LogP contribution in [0.5, 0.6) is 0 Å². The van der Waals surface area contributed by atoms with E-state index in [9.17, 15) is 4.39 Å². The molecule has 5 heteroatoms. The number of halogens is 1. The van der Waals surface area contributed by atoms with Crippen molar-refractivity contribution in [2.75, 3.05) is 11.9 Å². The highest BCUT2D eigenvalue weighted by atomic mass is 32.1. The van der Waals surface area contributed by atoms with Crippen LogP contribution in [-0.2, 0) is 5.41 Å². The van der Waals surface area contributed by atoms with Crippen molar-refractivity contribution in [3.05, 3.63) is 65.6 Å². The minimum absolute atomic E-state index is 0.204. The summed E-state index contributed by atoms with van der Waals surface area (Å²) in [6, 6.07) is 13.3. The fourth-order valence-electron chi connectivity index (χ4n) is 3.22. The SMILES string of the molecule is Fc1cccnc1C1(CNc2nc(-c3ccccc3)cs2)CCC1. The molecule has 0 amide bonds. The highest BCUT2D eigenvalue weighted by Crippen LogP contribution is 2.44. The maximum atomic E-state index is 14.2. The molecular weight excluding hydrogens is 321 g/mol. The number of benzene rings is 1. The predicted octanol–water partition coefficient (Wildman–Crippen LogP) is 4.88. The second kappa shape index (κ2) is 6.32. The first-order valence-corrected chi connectivity index (χ1v) is 9.01. The Labute approximate surface area is 144 Å². The number of hydrogen-bond acceptors (Lipinski definition) is 4. The van der Waals surface area contributed by atoms with Crippen LogP contribution in [0.4, 0.5) is 9.52 Å². The van der Waals surface area contributed by atoms with Gasteiger partial charge < -0.3 is 5.32 Å². The van der Waals surface area contributed by atoms with Gasteiger partial charge in [-0.2, -0.15) is 0 Å². The van der Waals surface area contributed by atoms with Crippen LogP contribution in [0, 0.1) is 5.82 Å². The first-order chi connectivity index (χ1) is 11.8. The summed E-state index contributed by atoms with van der Waals surface area (Å²) in [7, 11) is 0. The van der Waals surface area contributed by atoms with E-state index in [0.717, 1.165) is 35.7 Å². The van der Waals surface area contributed by atoms with Gasteiger partial charge in [0.1, 0.15) is 5.82 Å². The predicted molar refractivity (Wildman–Crippen MR) is 95.8 cm³/mol. The van der Waals surface area contributed by atoms with Gasteiger partial charge in [-0.25, -0.2) is 9.37 Å². The first-order valence-electron chi connectivity index (χ1n) is 8.13. The van der Waals surface area contributed by atoms with Crippen molar-refractivity contribution in [3.63, 3.8) is 0 Å². The van der Waals surface area contributed by atoms with Gasteiger partial charge in [0, 0.05) is 29.1 Å². The fourth-order valence-corrected chi connectivity index (χ4v) is 3.94. The summed E-state index contributed by atoms with van der Waals surface area (Å²) >= 11 is 1.58. The number of anilines is 1. The molecule has 3 aromatic rings. The number of thiazole rings is 1. The highest BCUT2D eigenvalue weighted by molar-refractivity contribution is 7.14. The number of nitrogens with one attached hydrogen (secondary N) is 1. The van der Waals surface area contributed by atoms with E-state index in [1.165, 1.54) is 6.07 Å². The first kappa shape index (κ1) is 15.3. The van der Waals surface area contributed by atoms with Crippen molar-refractivity contribution >= 4 is 16.5 Å². The lowest BCUT2D eigenvalue weighted by molar-refractivity contribution is 0.243. The summed E-state index contributed by atoms with van der Waals surface area (Å²) < 4.78 is 14.2. The Bertz CT molecular complexity index is 827. The number of hydrogen-bond donors (Lipinski definition) is 1. The summed E-state index contributed by atoms with van der Waals surface area (Å²) in [6.07, 6.45) is 4.72. The van der Waals surface area contributed by atoms with E-state index < -0.39 is 0 Å². The van der Waals surface area contributed by atoms with Gasteiger partial charge in [0.15, 0.2) is 5.13 Å². The molecule has 0 spiro atoms. The minimum Gasteiger partial charge on any atom is -0.361 e. The van der Waals surface area contributed by atoms with Crippen LogP contribution >= 0.6 is 11.3 Å². The monoisotopic (exact) mass is 339 g/mol. The van der Waals surface area contributed by atoms with Gasteiger partial charge in [0.25, 0.3) is 0 Å². The Morgan fingerprint density at radius 2 is 1.96 bits per heavy atom. The van der Waals surface area contributed by atoms with Crippen LogP contribution < -0.4 is 5.32 Å². The van der Waals surface area contributed by atoms with Crippen LogP contribution in [0.2, 0.25) is 0 Å². The summed E-state index contributed by atoms with van der Waals surface area (Å²) in [6.45, 7) is 0.669. The molecule has 0 bridgehead atoms. The van der Waals surface area contributed by atoms with Crippen LogP contribution in [0.15, 0.2) is 54.0 Å². The Morgan fingerprint density at radius 3 is 2.67 bits per heavy atom. The Kier molecular flexibility index (Phi) is 4.02. The number of rotatable bonds is 5. The van der Waals surface area contributed by atoms with Gasteiger partial charge in [0.05, 0.1) is 11.4 Å². The molecule has 0 saturated heterocycles. The molecule has 3 nitrogen and oxygen atoms in total. The van der Waals surface area contributed by atoms with Crippen LogP contribution in [-0.4, -0.2) is 16.5 Å². The van der Waals surface area contributed by atoms with Crippen LogP contribution in [0.1, 0.15) is 25.0 Å². The van der Waals surface area contributed by atoms with E-state index in [1.54, 1.807) is 23.6 Å². The Balaban J connectivity index is 1.50. The molecule has 4 rings (SSSR count). The molecule has 1 aromatic carbocycles. The number of aromatic nitrogens is 2. The van der Waals surface area contributed by atoms with E-state index in [4.69, 9.17) is 0 Å². The van der Waals surface area contributed by atoms with E-state index in [-0.39, 0.29) is 11.2 Å². The molecule has 1 aliphatic rings. The molecule has 1 saturated carbocycles. The normalized spacial score (nSPS) is 15.7. The van der Waals surface area contributed by atoms with Crippen molar-refractivity contribution in [2.45, 2.75) is 24.7 Å². The van der Waals surface area contributed by atoms with Gasteiger partial charge >= 0.3 is 0 Å². The Morgan fingerprint density at radius 1 is 1.12 bits per heavy atom. The van der Waals surface area contributed by atoms with Gasteiger partial charge in [-0.05, 0) is 25.0 Å². The number of nitrogens with zero attached hydrogens (tertiary/aromatic N) is 2. The molecule has 1 fully saturated rings. The molecule has 0 atom stereocenters. The molecular formula is C19H18FN3S.